The van der Waals surface area contributed by atoms with Gasteiger partial charge in [0, 0.05) is 11.4 Å². The average molecular weight is 317 g/mol. The van der Waals surface area contributed by atoms with Crippen LogP contribution in [0.3, 0.4) is 0 Å². The Bertz CT molecular complexity index is 706. The third-order valence-corrected chi connectivity index (χ3v) is 2.84. The second-order valence-corrected chi connectivity index (χ2v) is 4.65. The third kappa shape index (κ3) is 5.31. The highest BCUT2D eigenvalue weighted by molar-refractivity contribution is 5.93. The van der Waals surface area contributed by atoms with Gasteiger partial charge in [-0.2, -0.15) is 0 Å². The number of carbonyl (C=O) groups excluding carboxylic acids is 2. The van der Waals surface area contributed by atoms with Gasteiger partial charge in [0.2, 0.25) is 5.91 Å². The largest absolute Gasteiger partial charge is 0.490 e. The first-order valence-corrected chi connectivity index (χ1v) is 6.88. The second kappa shape index (κ2) is 7.79. The summed E-state index contributed by atoms with van der Waals surface area (Å²) in [6.45, 7) is 0.0476. The summed E-state index contributed by atoms with van der Waals surface area (Å²) in [4.78, 5) is 22.6. The normalized spacial score (nSPS) is 9.96. The van der Waals surface area contributed by atoms with Crippen LogP contribution in [-0.4, -0.2) is 18.5 Å². The molecule has 120 valence electrons. The Morgan fingerprint density at radius 1 is 1.04 bits per heavy atom. The first-order valence-electron chi connectivity index (χ1n) is 6.88. The minimum absolute atomic E-state index is 0.0476. The topological polar surface area (TPSA) is 93.5 Å². The number of urea groups is 1. The second-order valence-electron chi connectivity index (χ2n) is 4.65. The maximum atomic E-state index is 13.3. The Morgan fingerprint density at radius 3 is 2.43 bits per heavy atom. The first-order chi connectivity index (χ1) is 11.0. The Balaban J connectivity index is 1.83. The lowest BCUT2D eigenvalue weighted by Crippen LogP contribution is -2.19. The predicted octanol–water partition coefficient (Wildman–Crippen LogP) is 2.72. The van der Waals surface area contributed by atoms with Crippen molar-refractivity contribution in [3.63, 3.8) is 0 Å². The van der Waals surface area contributed by atoms with Gasteiger partial charge in [0.05, 0.1) is 13.0 Å². The van der Waals surface area contributed by atoms with Crippen molar-refractivity contribution in [2.75, 3.05) is 17.2 Å². The van der Waals surface area contributed by atoms with Gasteiger partial charge in [0.15, 0.2) is 11.6 Å². The van der Waals surface area contributed by atoms with E-state index in [1.807, 2.05) is 0 Å². The molecule has 4 N–H and O–H groups in total. The highest BCUT2D eigenvalue weighted by Gasteiger charge is 2.06. The maximum absolute atomic E-state index is 13.3. The standard InChI is InChI=1S/C16H16FN3O3/c17-13-6-1-2-7-14(13)23-9-8-15(21)19-11-4-3-5-12(10-11)20-16(18)22/h1-7,10H,8-9H2,(H,19,21)(H3,18,20,22). The molecule has 0 saturated heterocycles. The third-order valence-electron chi connectivity index (χ3n) is 2.84. The summed E-state index contributed by atoms with van der Waals surface area (Å²) in [5, 5.41) is 5.06. The lowest BCUT2D eigenvalue weighted by atomic mass is 10.2. The molecule has 0 aromatic heterocycles. The molecule has 0 aliphatic carbocycles. The van der Waals surface area contributed by atoms with Crippen molar-refractivity contribution < 1.29 is 18.7 Å². The van der Waals surface area contributed by atoms with Crippen molar-refractivity contribution in [3.8, 4) is 5.75 Å². The summed E-state index contributed by atoms with van der Waals surface area (Å²) < 4.78 is 18.6. The molecule has 23 heavy (non-hydrogen) atoms. The van der Waals surface area contributed by atoms with Gasteiger partial charge in [-0.1, -0.05) is 18.2 Å². The van der Waals surface area contributed by atoms with E-state index in [4.69, 9.17) is 10.5 Å². The number of primary amides is 1. The van der Waals surface area contributed by atoms with E-state index in [1.165, 1.54) is 12.1 Å². The lowest BCUT2D eigenvalue weighted by Gasteiger charge is -2.09. The quantitative estimate of drug-likeness (QED) is 0.764. The van der Waals surface area contributed by atoms with E-state index in [1.54, 1.807) is 36.4 Å². The van der Waals surface area contributed by atoms with Crippen LogP contribution in [0.1, 0.15) is 6.42 Å². The van der Waals surface area contributed by atoms with Gasteiger partial charge in [-0.3, -0.25) is 4.79 Å². The summed E-state index contributed by atoms with van der Waals surface area (Å²) in [6.07, 6.45) is 0.0574. The van der Waals surface area contributed by atoms with Crippen LogP contribution in [0.4, 0.5) is 20.6 Å². The van der Waals surface area contributed by atoms with Crippen molar-refractivity contribution in [1.82, 2.24) is 0 Å². The fourth-order valence-corrected chi connectivity index (χ4v) is 1.86. The number of para-hydroxylation sites is 1. The van der Waals surface area contributed by atoms with Gasteiger partial charge in [-0.25, -0.2) is 9.18 Å². The average Bonchev–Trinajstić information content (AvgIpc) is 2.49. The van der Waals surface area contributed by atoms with E-state index in [2.05, 4.69) is 10.6 Å². The van der Waals surface area contributed by atoms with E-state index in [0.717, 1.165) is 0 Å². The Labute approximate surface area is 132 Å². The fraction of sp³-hybridized carbons (Fsp3) is 0.125. The molecule has 0 aliphatic rings. The minimum Gasteiger partial charge on any atom is -0.490 e. The SMILES string of the molecule is NC(=O)Nc1cccc(NC(=O)CCOc2ccccc2F)c1. The summed E-state index contributed by atoms with van der Waals surface area (Å²) in [7, 11) is 0. The molecule has 7 heteroatoms. The molecule has 0 bridgehead atoms. The van der Waals surface area contributed by atoms with Crippen LogP contribution >= 0.6 is 0 Å². The molecule has 2 aromatic rings. The minimum atomic E-state index is -0.688. The predicted molar refractivity (Wildman–Crippen MR) is 84.8 cm³/mol. The molecule has 2 aromatic carbocycles. The number of nitrogens with one attached hydrogen (secondary N) is 2. The number of nitrogens with two attached hydrogens (primary N) is 1. The number of benzene rings is 2. The molecule has 0 saturated carbocycles. The van der Waals surface area contributed by atoms with Crippen LogP contribution in [0.15, 0.2) is 48.5 Å². The van der Waals surface area contributed by atoms with Crippen molar-refractivity contribution in [2.24, 2.45) is 5.73 Å². The van der Waals surface area contributed by atoms with Crippen LogP contribution in [0, 0.1) is 5.82 Å². The highest BCUT2D eigenvalue weighted by Crippen LogP contribution is 2.17. The number of rotatable bonds is 6. The van der Waals surface area contributed by atoms with Gasteiger partial charge in [0.1, 0.15) is 0 Å². The molecular formula is C16H16FN3O3. The van der Waals surface area contributed by atoms with E-state index in [9.17, 15) is 14.0 Å². The Kier molecular flexibility index (Phi) is 5.51. The molecule has 6 nitrogen and oxygen atoms in total. The summed E-state index contributed by atoms with van der Waals surface area (Å²) >= 11 is 0. The summed E-state index contributed by atoms with van der Waals surface area (Å²) in [5.74, 6) is -0.663. The smallest absolute Gasteiger partial charge is 0.316 e. The highest BCUT2D eigenvalue weighted by atomic mass is 19.1. The number of amides is 3. The zero-order valence-corrected chi connectivity index (χ0v) is 12.2. The number of ether oxygens (including phenoxy) is 1. The van der Waals surface area contributed by atoms with Crippen molar-refractivity contribution in [2.45, 2.75) is 6.42 Å². The monoisotopic (exact) mass is 317 g/mol. The maximum Gasteiger partial charge on any atom is 0.316 e. The number of halogens is 1. The van der Waals surface area contributed by atoms with Gasteiger partial charge >= 0.3 is 6.03 Å². The van der Waals surface area contributed by atoms with Gasteiger partial charge in [0.25, 0.3) is 0 Å². The lowest BCUT2D eigenvalue weighted by molar-refractivity contribution is -0.116. The van der Waals surface area contributed by atoms with E-state index >= 15 is 0 Å². The molecule has 0 unspecified atom stereocenters. The first kappa shape index (κ1) is 16.3. The molecule has 0 heterocycles. The Hall–Kier alpha value is -3.09. The van der Waals surface area contributed by atoms with Crippen molar-refractivity contribution in [1.29, 1.82) is 0 Å². The number of anilines is 2. The van der Waals surface area contributed by atoms with Crippen LogP contribution in [0.2, 0.25) is 0 Å². The Morgan fingerprint density at radius 2 is 1.74 bits per heavy atom. The van der Waals surface area contributed by atoms with Gasteiger partial charge in [-0.05, 0) is 30.3 Å². The van der Waals surface area contributed by atoms with Gasteiger partial charge < -0.3 is 21.1 Å². The van der Waals surface area contributed by atoms with E-state index < -0.39 is 11.8 Å². The zero-order valence-electron chi connectivity index (χ0n) is 12.2. The summed E-state index contributed by atoms with van der Waals surface area (Å²) in [6, 6.07) is 11.8. The molecule has 0 spiro atoms. The van der Waals surface area contributed by atoms with Crippen LogP contribution < -0.4 is 21.1 Å². The fourth-order valence-electron chi connectivity index (χ4n) is 1.86. The van der Waals surface area contributed by atoms with Crippen molar-refractivity contribution >= 4 is 23.3 Å². The van der Waals surface area contributed by atoms with Crippen LogP contribution in [0.25, 0.3) is 0 Å². The number of hydrogen-bond donors (Lipinski definition) is 3. The van der Waals surface area contributed by atoms with Crippen LogP contribution in [0.5, 0.6) is 5.75 Å². The molecular weight excluding hydrogens is 301 g/mol. The molecule has 2 rings (SSSR count). The number of hydrogen-bond acceptors (Lipinski definition) is 3. The van der Waals surface area contributed by atoms with E-state index in [0.29, 0.717) is 11.4 Å². The number of carbonyl (C=O) groups is 2. The van der Waals surface area contributed by atoms with Crippen molar-refractivity contribution in [3.05, 3.63) is 54.3 Å². The molecule has 0 radical (unpaired) electrons. The molecule has 3 amide bonds. The van der Waals surface area contributed by atoms with Gasteiger partial charge in [-0.15, -0.1) is 0 Å². The zero-order chi connectivity index (χ0) is 16.7. The molecule has 0 atom stereocenters. The molecule has 0 fully saturated rings. The summed E-state index contributed by atoms with van der Waals surface area (Å²) in [5.41, 5.74) is 6.00. The van der Waals surface area contributed by atoms with Crippen LogP contribution in [-0.2, 0) is 4.79 Å². The van der Waals surface area contributed by atoms with E-state index in [-0.39, 0.29) is 24.7 Å². The molecule has 0 aliphatic heterocycles.